The third-order valence-corrected chi connectivity index (χ3v) is 3.14. The summed E-state index contributed by atoms with van der Waals surface area (Å²) in [6, 6.07) is 7.56. The summed E-state index contributed by atoms with van der Waals surface area (Å²) in [5.41, 5.74) is 1.00. The first-order valence-electron chi connectivity index (χ1n) is 3.99. The molecule has 0 N–H and O–H groups in total. The van der Waals surface area contributed by atoms with E-state index in [2.05, 4.69) is 15.9 Å². The molecule has 0 aliphatic carbocycles. The van der Waals surface area contributed by atoms with Crippen LogP contribution < -0.4 is 0 Å². The molecule has 1 aromatic rings. The first kappa shape index (κ1) is 10.7. The highest BCUT2D eigenvalue weighted by Crippen LogP contribution is 2.19. The molecule has 0 amide bonds. The van der Waals surface area contributed by atoms with Gasteiger partial charge in [0.15, 0.2) is 0 Å². The van der Waals surface area contributed by atoms with Crippen LogP contribution in [-0.2, 0) is 11.2 Å². The Kier molecular flexibility index (Phi) is 3.94. The van der Waals surface area contributed by atoms with Gasteiger partial charge in [-0.15, -0.1) is 0 Å². The van der Waals surface area contributed by atoms with Crippen LogP contribution in [0.2, 0.25) is 5.02 Å². The predicted molar refractivity (Wildman–Crippen MR) is 58.6 cm³/mol. The van der Waals surface area contributed by atoms with E-state index in [0.717, 1.165) is 5.56 Å². The zero-order chi connectivity index (χ0) is 9.84. The molecule has 0 aliphatic heterocycles. The average Bonchev–Trinajstić information content (AvgIpc) is 2.08. The quantitative estimate of drug-likeness (QED) is 0.764. The van der Waals surface area contributed by atoms with Gasteiger partial charge in [0.25, 0.3) is 0 Å². The van der Waals surface area contributed by atoms with Crippen molar-refractivity contribution in [1.82, 2.24) is 0 Å². The summed E-state index contributed by atoms with van der Waals surface area (Å²) in [5.74, 6) is 0.125. The molecule has 0 radical (unpaired) electrons. The summed E-state index contributed by atoms with van der Waals surface area (Å²) in [6.45, 7) is 1.57. The van der Waals surface area contributed by atoms with Crippen molar-refractivity contribution in [2.45, 2.75) is 18.2 Å². The van der Waals surface area contributed by atoms with Crippen molar-refractivity contribution in [3.05, 3.63) is 34.9 Å². The molecule has 0 heterocycles. The number of benzene rings is 1. The van der Waals surface area contributed by atoms with Crippen LogP contribution in [0.5, 0.6) is 0 Å². The van der Waals surface area contributed by atoms with Crippen molar-refractivity contribution in [2.75, 3.05) is 0 Å². The lowest BCUT2D eigenvalue weighted by atomic mass is 10.1. The van der Waals surface area contributed by atoms with Crippen molar-refractivity contribution in [2.24, 2.45) is 0 Å². The van der Waals surface area contributed by atoms with Gasteiger partial charge in [-0.05, 0) is 25.0 Å². The normalized spacial score (nSPS) is 12.5. The number of alkyl halides is 1. The molecule has 0 spiro atoms. The van der Waals surface area contributed by atoms with Gasteiger partial charge < -0.3 is 0 Å². The zero-order valence-corrected chi connectivity index (χ0v) is 9.60. The summed E-state index contributed by atoms with van der Waals surface area (Å²) < 4.78 is 0. The fourth-order valence-electron chi connectivity index (χ4n) is 1.00. The SMILES string of the molecule is CC(=O)C(Br)Cc1ccccc1Cl. The maximum Gasteiger partial charge on any atom is 0.143 e. The number of carbonyl (C=O) groups is 1. The van der Waals surface area contributed by atoms with E-state index in [1.807, 2.05) is 24.3 Å². The minimum atomic E-state index is -0.132. The molecule has 0 saturated carbocycles. The van der Waals surface area contributed by atoms with Gasteiger partial charge in [0.05, 0.1) is 4.83 Å². The zero-order valence-electron chi connectivity index (χ0n) is 7.26. The third-order valence-electron chi connectivity index (χ3n) is 1.80. The smallest absolute Gasteiger partial charge is 0.143 e. The summed E-state index contributed by atoms with van der Waals surface area (Å²) in [7, 11) is 0. The van der Waals surface area contributed by atoms with Crippen molar-refractivity contribution in [1.29, 1.82) is 0 Å². The van der Waals surface area contributed by atoms with E-state index in [0.29, 0.717) is 11.4 Å². The minimum absolute atomic E-state index is 0.125. The minimum Gasteiger partial charge on any atom is -0.299 e. The van der Waals surface area contributed by atoms with E-state index in [4.69, 9.17) is 11.6 Å². The van der Waals surface area contributed by atoms with Gasteiger partial charge in [0.2, 0.25) is 0 Å². The van der Waals surface area contributed by atoms with E-state index in [1.54, 1.807) is 6.92 Å². The maximum absolute atomic E-state index is 11.0. The topological polar surface area (TPSA) is 17.1 Å². The van der Waals surface area contributed by atoms with Gasteiger partial charge in [0, 0.05) is 5.02 Å². The molecule has 1 aromatic carbocycles. The molecular weight excluding hydrogens is 251 g/mol. The molecule has 1 rings (SSSR count). The number of ketones is 1. The van der Waals surface area contributed by atoms with E-state index >= 15 is 0 Å². The van der Waals surface area contributed by atoms with Crippen LogP contribution in [0.15, 0.2) is 24.3 Å². The van der Waals surface area contributed by atoms with Gasteiger partial charge >= 0.3 is 0 Å². The Hall–Kier alpha value is -0.340. The third kappa shape index (κ3) is 3.12. The molecule has 0 fully saturated rings. The number of halogens is 2. The number of carbonyl (C=O) groups excluding carboxylic acids is 1. The van der Waals surface area contributed by atoms with Crippen LogP contribution in [0.1, 0.15) is 12.5 Å². The van der Waals surface area contributed by atoms with Crippen LogP contribution in [-0.4, -0.2) is 10.6 Å². The predicted octanol–water partition coefficient (Wildman–Crippen LogP) is 3.24. The molecular formula is C10H10BrClO. The Balaban J connectivity index is 2.74. The molecule has 1 atom stereocenters. The Morgan fingerprint density at radius 2 is 2.15 bits per heavy atom. The second kappa shape index (κ2) is 4.77. The van der Waals surface area contributed by atoms with E-state index in [-0.39, 0.29) is 10.6 Å². The van der Waals surface area contributed by atoms with E-state index in [9.17, 15) is 4.79 Å². The van der Waals surface area contributed by atoms with Crippen molar-refractivity contribution in [3.8, 4) is 0 Å². The lowest BCUT2D eigenvalue weighted by molar-refractivity contribution is -0.116. The van der Waals surface area contributed by atoms with Crippen LogP contribution >= 0.6 is 27.5 Å². The fourth-order valence-corrected chi connectivity index (χ4v) is 1.56. The molecule has 0 bridgehead atoms. The van der Waals surface area contributed by atoms with Gasteiger partial charge in [-0.1, -0.05) is 45.7 Å². The highest BCUT2D eigenvalue weighted by molar-refractivity contribution is 9.10. The Morgan fingerprint density at radius 3 is 2.69 bits per heavy atom. The van der Waals surface area contributed by atoms with Gasteiger partial charge in [-0.3, -0.25) is 4.79 Å². The highest BCUT2D eigenvalue weighted by atomic mass is 79.9. The number of rotatable bonds is 3. The van der Waals surface area contributed by atoms with Gasteiger partial charge in [-0.25, -0.2) is 0 Å². The van der Waals surface area contributed by atoms with Crippen LogP contribution in [0.4, 0.5) is 0 Å². The lowest BCUT2D eigenvalue weighted by Crippen LogP contribution is -2.12. The standard InChI is InChI=1S/C10H10BrClO/c1-7(13)9(11)6-8-4-2-3-5-10(8)12/h2-5,9H,6H2,1H3. The molecule has 0 aliphatic rings. The molecule has 1 nitrogen and oxygen atoms in total. The Morgan fingerprint density at radius 1 is 1.54 bits per heavy atom. The van der Waals surface area contributed by atoms with E-state index < -0.39 is 0 Å². The van der Waals surface area contributed by atoms with Crippen LogP contribution in [0.3, 0.4) is 0 Å². The molecule has 70 valence electrons. The summed E-state index contributed by atoms with van der Waals surface area (Å²) >= 11 is 9.25. The Labute approximate surface area is 91.2 Å². The second-order valence-corrected chi connectivity index (χ2v) is 4.39. The van der Waals surface area contributed by atoms with Crippen molar-refractivity contribution < 1.29 is 4.79 Å². The number of hydrogen-bond donors (Lipinski definition) is 0. The first-order chi connectivity index (χ1) is 6.11. The van der Waals surface area contributed by atoms with Gasteiger partial charge in [0.1, 0.15) is 5.78 Å². The molecule has 0 saturated heterocycles. The summed E-state index contributed by atoms with van der Waals surface area (Å²) in [6.07, 6.45) is 0.648. The van der Waals surface area contributed by atoms with Crippen molar-refractivity contribution >= 4 is 33.3 Å². The molecule has 13 heavy (non-hydrogen) atoms. The van der Waals surface area contributed by atoms with Gasteiger partial charge in [-0.2, -0.15) is 0 Å². The maximum atomic E-state index is 11.0. The van der Waals surface area contributed by atoms with E-state index in [1.165, 1.54) is 0 Å². The fraction of sp³-hybridized carbons (Fsp3) is 0.300. The summed E-state index contributed by atoms with van der Waals surface area (Å²) in [4.78, 5) is 10.8. The summed E-state index contributed by atoms with van der Waals surface area (Å²) in [5, 5.41) is 0.716. The average molecular weight is 262 g/mol. The first-order valence-corrected chi connectivity index (χ1v) is 5.28. The lowest BCUT2D eigenvalue weighted by Gasteiger charge is -2.06. The number of hydrogen-bond acceptors (Lipinski definition) is 1. The Bertz CT molecular complexity index is 312. The molecule has 1 unspecified atom stereocenters. The monoisotopic (exact) mass is 260 g/mol. The van der Waals surface area contributed by atoms with Crippen molar-refractivity contribution in [3.63, 3.8) is 0 Å². The largest absolute Gasteiger partial charge is 0.299 e. The second-order valence-electron chi connectivity index (χ2n) is 2.87. The van der Waals surface area contributed by atoms with Crippen LogP contribution in [0.25, 0.3) is 0 Å². The molecule has 0 aromatic heterocycles. The molecule has 3 heteroatoms. The number of Topliss-reactive ketones (excluding diaryl/α,β-unsaturated/α-hetero) is 1. The highest BCUT2D eigenvalue weighted by Gasteiger charge is 2.11. The van der Waals surface area contributed by atoms with Crippen LogP contribution in [0, 0.1) is 0 Å².